The van der Waals surface area contributed by atoms with Gasteiger partial charge in [-0.2, -0.15) is 15.0 Å². The van der Waals surface area contributed by atoms with Crippen LogP contribution in [0, 0.1) is 5.92 Å². The van der Waals surface area contributed by atoms with Gasteiger partial charge in [-0.3, -0.25) is 0 Å². The smallest absolute Gasteiger partial charge is 0.322 e. The lowest BCUT2D eigenvalue weighted by molar-refractivity contribution is 0.221. The van der Waals surface area contributed by atoms with Crippen LogP contribution in [0.1, 0.15) is 27.7 Å². The monoisotopic (exact) mass is 274 g/mol. The number of nitrogens with zero attached hydrogens (tertiary/aromatic N) is 3. The van der Waals surface area contributed by atoms with Gasteiger partial charge in [0.2, 0.25) is 11.2 Å². The van der Waals surface area contributed by atoms with Crippen molar-refractivity contribution in [3.05, 3.63) is 5.28 Å². The largest absolute Gasteiger partial charge is 0.461 e. The Balaban J connectivity index is 2.85. The fourth-order valence-corrected chi connectivity index (χ4v) is 1.40. The normalized spacial score (nSPS) is 12.9. The summed E-state index contributed by atoms with van der Waals surface area (Å²) in [6.45, 7) is 7.71. The third kappa shape index (κ3) is 4.62. The zero-order chi connectivity index (χ0) is 13.7. The van der Waals surface area contributed by atoms with Crippen molar-refractivity contribution < 1.29 is 9.84 Å². The lowest BCUT2D eigenvalue weighted by Gasteiger charge is -2.20. The third-order valence-corrected chi connectivity index (χ3v) is 2.41. The Labute approximate surface area is 112 Å². The summed E-state index contributed by atoms with van der Waals surface area (Å²) >= 11 is 5.79. The standard InChI is InChI=1S/C11H19ClN4O2/c1-6(2)8(5-17)13-10-14-9(12)15-11(16-10)18-7(3)4/h6-8,17H,5H2,1-4H3,(H,13,14,15,16). The highest BCUT2D eigenvalue weighted by Gasteiger charge is 2.15. The van der Waals surface area contributed by atoms with Gasteiger partial charge in [0.15, 0.2) is 0 Å². The van der Waals surface area contributed by atoms with Crippen molar-refractivity contribution >= 4 is 17.5 Å². The fourth-order valence-electron chi connectivity index (χ4n) is 1.25. The van der Waals surface area contributed by atoms with Gasteiger partial charge in [-0.1, -0.05) is 13.8 Å². The van der Waals surface area contributed by atoms with Gasteiger partial charge in [-0.15, -0.1) is 0 Å². The molecule has 0 saturated carbocycles. The van der Waals surface area contributed by atoms with Gasteiger partial charge in [-0.25, -0.2) is 0 Å². The molecule has 1 aromatic heterocycles. The predicted molar refractivity (Wildman–Crippen MR) is 69.9 cm³/mol. The van der Waals surface area contributed by atoms with E-state index in [0.717, 1.165) is 0 Å². The number of aliphatic hydroxyl groups is 1. The van der Waals surface area contributed by atoms with E-state index < -0.39 is 0 Å². The van der Waals surface area contributed by atoms with Gasteiger partial charge in [-0.05, 0) is 31.4 Å². The summed E-state index contributed by atoms with van der Waals surface area (Å²) in [6, 6.07) is 0.0308. The molecule has 0 radical (unpaired) electrons. The molecule has 0 saturated heterocycles. The summed E-state index contributed by atoms with van der Waals surface area (Å²) in [5, 5.41) is 12.3. The van der Waals surface area contributed by atoms with E-state index >= 15 is 0 Å². The molecule has 0 bridgehead atoms. The van der Waals surface area contributed by atoms with E-state index in [1.165, 1.54) is 0 Å². The molecular formula is C11H19ClN4O2. The summed E-state index contributed by atoms with van der Waals surface area (Å²) in [5.74, 6) is 0.540. The molecule has 0 spiro atoms. The molecule has 6 nitrogen and oxygen atoms in total. The Bertz CT molecular complexity index is 387. The molecule has 0 amide bonds. The molecule has 18 heavy (non-hydrogen) atoms. The Morgan fingerprint density at radius 2 is 1.89 bits per heavy atom. The molecule has 1 atom stereocenters. The molecule has 1 aromatic rings. The van der Waals surface area contributed by atoms with Crippen LogP contribution in [0.4, 0.5) is 5.95 Å². The van der Waals surface area contributed by atoms with Gasteiger partial charge < -0.3 is 15.2 Å². The maximum Gasteiger partial charge on any atom is 0.322 e. The zero-order valence-corrected chi connectivity index (χ0v) is 11.8. The van der Waals surface area contributed by atoms with Crippen LogP contribution in [0.25, 0.3) is 0 Å². The number of aliphatic hydroxyl groups excluding tert-OH is 1. The molecule has 1 rings (SSSR count). The molecule has 0 aliphatic rings. The van der Waals surface area contributed by atoms with Crippen molar-refractivity contribution in [2.24, 2.45) is 5.92 Å². The second kappa shape index (κ2) is 6.70. The summed E-state index contributed by atoms with van der Waals surface area (Å²) in [4.78, 5) is 11.9. The highest BCUT2D eigenvalue weighted by atomic mass is 35.5. The minimum atomic E-state index is -0.143. The first-order valence-corrected chi connectivity index (χ1v) is 6.25. The van der Waals surface area contributed by atoms with Crippen molar-refractivity contribution in [3.63, 3.8) is 0 Å². The molecule has 7 heteroatoms. The molecule has 0 aromatic carbocycles. The summed E-state index contributed by atoms with van der Waals surface area (Å²) in [7, 11) is 0. The lowest BCUT2D eigenvalue weighted by Crippen LogP contribution is -2.30. The van der Waals surface area contributed by atoms with Crippen LogP contribution >= 0.6 is 11.6 Å². The van der Waals surface area contributed by atoms with Crippen LogP contribution in [0.5, 0.6) is 6.01 Å². The number of anilines is 1. The van der Waals surface area contributed by atoms with E-state index in [1.54, 1.807) is 0 Å². The third-order valence-electron chi connectivity index (χ3n) is 2.24. The first-order chi connectivity index (χ1) is 8.42. The SMILES string of the molecule is CC(C)Oc1nc(Cl)nc(NC(CO)C(C)C)n1. The van der Waals surface area contributed by atoms with Crippen LogP contribution in [0.3, 0.4) is 0 Å². The number of hydrogen-bond acceptors (Lipinski definition) is 6. The van der Waals surface area contributed by atoms with Gasteiger partial charge >= 0.3 is 6.01 Å². The highest BCUT2D eigenvalue weighted by molar-refractivity contribution is 6.28. The van der Waals surface area contributed by atoms with E-state index in [2.05, 4.69) is 20.3 Å². The van der Waals surface area contributed by atoms with Crippen molar-refractivity contribution in [1.29, 1.82) is 0 Å². The van der Waals surface area contributed by atoms with Crippen molar-refractivity contribution in [2.75, 3.05) is 11.9 Å². The first-order valence-electron chi connectivity index (χ1n) is 5.88. The average Bonchev–Trinajstić information content (AvgIpc) is 2.23. The van der Waals surface area contributed by atoms with Gasteiger partial charge in [0.1, 0.15) is 0 Å². The quantitative estimate of drug-likeness (QED) is 0.822. The number of rotatable bonds is 6. The van der Waals surface area contributed by atoms with Crippen LogP contribution in [0.15, 0.2) is 0 Å². The minimum absolute atomic E-state index is 0.0126. The molecule has 0 aliphatic carbocycles. The van der Waals surface area contributed by atoms with Gasteiger partial charge in [0, 0.05) is 0 Å². The van der Waals surface area contributed by atoms with E-state index in [-0.39, 0.29) is 36.0 Å². The van der Waals surface area contributed by atoms with E-state index in [4.69, 9.17) is 16.3 Å². The predicted octanol–water partition coefficient (Wildman–Crippen LogP) is 1.74. The van der Waals surface area contributed by atoms with E-state index in [1.807, 2.05) is 27.7 Å². The summed E-state index contributed by atoms with van der Waals surface area (Å²) < 4.78 is 5.36. The average molecular weight is 275 g/mol. The van der Waals surface area contributed by atoms with Crippen molar-refractivity contribution in [2.45, 2.75) is 39.8 Å². The zero-order valence-electron chi connectivity index (χ0n) is 11.0. The van der Waals surface area contributed by atoms with Crippen LogP contribution in [-0.4, -0.2) is 38.8 Å². The highest BCUT2D eigenvalue weighted by Crippen LogP contribution is 2.15. The number of nitrogens with one attached hydrogen (secondary N) is 1. The van der Waals surface area contributed by atoms with Crippen LogP contribution in [-0.2, 0) is 0 Å². The molecule has 1 heterocycles. The molecule has 102 valence electrons. The van der Waals surface area contributed by atoms with E-state index in [9.17, 15) is 5.11 Å². The summed E-state index contributed by atoms with van der Waals surface area (Å²) in [5.41, 5.74) is 0. The Kier molecular flexibility index (Phi) is 5.55. The molecule has 1 unspecified atom stereocenters. The van der Waals surface area contributed by atoms with Gasteiger partial charge in [0.05, 0.1) is 18.8 Å². The molecule has 0 fully saturated rings. The second-order valence-electron chi connectivity index (χ2n) is 4.55. The Hall–Kier alpha value is -1.14. The fraction of sp³-hybridized carbons (Fsp3) is 0.727. The van der Waals surface area contributed by atoms with Crippen LogP contribution < -0.4 is 10.1 Å². The number of hydrogen-bond donors (Lipinski definition) is 2. The topological polar surface area (TPSA) is 80.2 Å². The number of ether oxygens (including phenoxy) is 1. The van der Waals surface area contributed by atoms with Crippen molar-refractivity contribution in [1.82, 2.24) is 15.0 Å². The number of halogens is 1. The molecular weight excluding hydrogens is 256 g/mol. The Morgan fingerprint density at radius 3 is 2.39 bits per heavy atom. The number of aromatic nitrogens is 3. The lowest BCUT2D eigenvalue weighted by atomic mass is 10.1. The van der Waals surface area contributed by atoms with E-state index in [0.29, 0.717) is 5.95 Å². The van der Waals surface area contributed by atoms with Gasteiger partial charge in [0.25, 0.3) is 0 Å². The maximum atomic E-state index is 9.24. The molecule has 2 N–H and O–H groups in total. The Morgan fingerprint density at radius 1 is 1.22 bits per heavy atom. The second-order valence-corrected chi connectivity index (χ2v) is 4.89. The first kappa shape index (κ1) is 14.9. The van der Waals surface area contributed by atoms with Crippen LogP contribution in [0.2, 0.25) is 5.28 Å². The minimum Gasteiger partial charge on any atom is -0.461 e. The maximum absolute atomic E-state index is 9.24. The summed E-state index contributed by atoms with van der Waals surface area (Å²) in [6.07, 6.45) is -0.0462. The van der Waals surface area contributed by atoms with Crippen molar-refractivity contribution in [3.8, 4) is 6.01 Å². The molecule has 0 aliphatic heterocycles.